The summed E-state index contributed by atoms with van der Waals surface area (Å²) in [5.74, 6) is 0.248. The molecule has 1 heterocycles. The van der Waals surface area contributed by atoms with Gasteiger partial charge in [-0.15, -0.1) is 0 Å². The number of pyridine rings is 1. The van der Waals surface area contributed by atoms with Gasteiger partial charge in [0.2, 0.25) is 5.91 Å². The number of para-hydroxylation sites is 2. The van der Waals surface area contributed by atoms with E-state index in [0.717, 1.165) is 23.4 Å². The van der Waals surface area contributed by atoms with Crippen LogP contribution in [-0.4, -0.2) is 29.7 Å². The van der Waals surface area contributed by atoms with Crippen LogP contribution in [0.15, 0.2) is 59.6 Å². The summed E-state index contributed by atoms with van der Waals surface area (Å²) in [5, 5.41) is 6.32. The Hall–Kier alpha value is -3.32. The third kappa shape index (κ3) is 5.88. The van der Waals surface area contributed by atoms with Crippen molar-refractivity contribution >= 4 is 35.0 Å². The number of rotatable bonds is 8. The Bertz CT molecular complexity index is 1110. The molecule has 0 aliphatic rings. The van der Waals surface area contributed by atoms with Crippen molar-refractivity contribution in [3.05, 3.63) is 77.0 Å². The van der Waals surface area contributed by atoms with Crippen molar-refractivity contribution in [1.29, 1.82) is 0 Å². The molecule has 32 heavy (non-hydrogen) atoms. The number of ether oxygens (including phenoxy) is 1. The molecule has 0 fully saturated rings. The van der Waals surface area contributed by atoms with Gasteiger partial charge in [-0.05, 0) is 61.7 Å². The number of hydrogen-bond acceptors (Lipinski definition) is 5. The van der Waals surface area contributed by atoms with E-state index in [4.69, 9.17) is 4.74 Å². The monoisotopic (exact) mass is 449 g/mol. The highest BCUT2D eigenvalue weighted by atomic mass is 32.2. The van der Waals surface area contributed by atoms with E-state index < -0.39 is 0 Å². The van der Waals surface area contributed by atoms with Gasteiger partial charge in [-0.25, -0.2) is 4.98 Å². The summed E-state index contributed by atoms with van der Waals surface area (Å²) in [4.78, 5) is 30.1. The first-order chi connectivity index (χ1) is 15.4. The van der Waals surface area contributed by atoms with Crippen molar-refractivity contribution in [2.24, 2.45) is 0 Å². The van der Waals surface area contributed by atoms with Crippen molar-refractivity contribution in [3.63, 3.8) is 0 Å². The number of thioether (sulfide) groups is 1. The minimum atomic E-state index is -0.244. The molecule has 0 atom stereocenters. The standard InChI is InChI=1S/C25H27N3O3S/c1-5-18-10-12-19(13-11-18)27-24(30)23-16(2)14-17(3)26-25(23)32-15-22(29)28-20-8-6-7-9-21(20)31-4/h6-14H,5,15H2,1-4H3,(H,27,30)(H,28,29). The molecule has 166 valence electrons. The molecule has 0 aliphatic heterocycles. The Balaban J connectivity index is 1.74. The van der Waals surface area contributed by atoms with Gasteiger partial charge in [-0.1, -0.05) is 43.0 Å². The summed E-state index contributed by atoms with van der Waals surface area (Å²) < 4.78 is 5.28. The number of aromatic nitrogens is 1. The fourth-order valence-corrected chi connectivity index (χ4v) is 4.22. The quantitative estimate of drug-likeness (QED) is 0.459. The van der Waals surface area contributed by atoms with Gasteiger partial charge >= 0.3 is 0 Å². The summed E-state index contributed by atoms with van der Waals surface area (Å²) >= 11 is 1.24. The fourth-order valence-electron chi connectivity index (χ4n) is 3.27. The Kier molecular flexibility index (Phi) is 7.89. The molecule has 2 aromatic carbocycles. The molecular formula is C25H27N3O3S. The van der Waals surface area contributed by atoms with Gasteiger partial charge in [0.15, 0.2) is 0 Å². The molecule has 0 unspecified atom stereocenters. The average molecular weight is 450 g/mol. The lowest BCUT2D eigenvalue weighted by molar-refractivity contribution is -0.113. The van der Waals surface area contributed by atoms with Crippen molar-refractivity contribution in [2.45, 2.75) is 32.2 Å². The average Bonchev–Trinajstić information content (AvgIpc) is 2.78. The van der Waals surface area contributed by atoms with Gasteiger partial charge in [0, 0.05) is 11.4 Å². The number of methoxy groups -OCH3 is 1. The van der Waals surface area contributed by atoms with E-state index >= 15 is 0 Å². The molecule has 0 saturated heterocycles. The molecule has 3 rings (SSSR count). The summed E-state index contributed by atoms with van der Waals surface area (Å²) in [6.45, 7) is 5.84. The van der Waals surface area contributed by atoms with Crippen molar-refractivity contribution in [2.75, 3.05) is 23.5 Å². The summed E-state index contributed by atoms with van der Waals surface area (Å²) in [6, 6.07) is 16.9. The number of amides is 2. The van der Waals surface area contributed by atoms with Gasteiger partial charge < -0.3 is 15.4 Å². The van der Waals surface area contributed by atoms with E-state index in [1.165, 1.54) is 17.3 Å². The van der Waals surface area contributed by atoms with Crippen LogP contribution in [-0.2, 0) is 11.2 Å². The van der Waals surface area contributed by atoms with Gasteiger partial charge in [-0.3, -0.25) is 9.59 Å². The van der Waals surface area contributed by atoms with E-state index in [1.54, 1.807) is 19.2 Å². The van der Waals surface area contributed by atoms with Crippen LogP contribution < -0.4 is 15.4 Å². The Morgan fingerprint density at radius 2 is 1.75 bits per heavy atom. The van der Waals surface area contributed by atoms with Crippen LogP contribution in [0.5, 0.6) is 5.75 Å². The van der Waals surface area contributed by atoms with Crippen LogP contribution in [0.3, 0.4) is 0 Å². The first kappa shape index (κ1) is 23.3. The molecule has 0 aliphatic carbocycles. The zero-order valence-corrected chi connectivity index (χ0v) is 19.5. The normalized spacial score (nSPS) is 10.5. The zero-order chi connectivity index (χ0) is 23.1. The highest BCUT2D eigenvalue weighted by Crippen LogP contribution is 2.27. The second-order valence-electron chi connectivity index (χ2n) is 7.30. The number of aryl methyl sites for hydroxylation is 3. The third-order valence-corrected chi connectivity index (χ3v) is 5.86. The highest BCUT2D eigenvalue weighted by Gasteiger charge is 2.19. The molecule has 2 N–H and O–H groups in total. The van der Waals surface area contributed by atoms with E-state index in [-0.39, 0.29) is 17.6 Å². The molecule has 0 radical (unpaired) electrons. The van der Waals surface area contributed by atoms with E-state index in [2.05, 4.69) is 22.5 Å². The maximum Gasteiger partial charge on any atom is 0.258 e. The lowest BCUT2D eigenvalue weighted by Gasteiger charge is -2.14. The molecule has 1 aromatic heterocycles. The highest BCUT2D eigenvalue weighted by molar-refractivity contribution is 8.00. The van der Waals surface area contributed by atoms with Crippen LogP contribution in [0.2, 0.25) is 0 Å². The van der Waals surface area contributed by atoms with Crippen LogP contribution in [0, 0.1) is 13.8 Å². The number of carbonyl (C=O) groups is 2. The smallest absolute Gasteiger partial charge is 0.258 e. The Morgan fingerprint density at radius 1 is 1.03 bits per heavy atom. The lowest BCUT2D eigenvalue weighted by Crippen LogP contribution is -2.18. The van der Waals surface area contributed by atoms with E-state index in [0.29, 0.717) is 22.0 Å². The van der Waals surface area contributed by atoms with Crippen LogP contribution in [0.4, 0.5) is 11.4 Å². The van der Waals surface area contributed by atoms with Crippen LogP contribution in [0.25, 0.3) is 0 Å². The largest absolute Gasteiger partial charge is 0.495 e. The zero-order valence-electron chi connectivity index (χ0n) is 18.7. The van der Waals surface area contributed by atoms with Gasteiger partial charge in [0.1, 0.15) is 10.8 Å². The summed E-state index contributed by atoms with van der Waals surface area (Å²) in [6.07, 6.45) is 0.937. The van der Waals surface area contributed by atoms with Gasteiger partial charge in [-0.2, -0.15) is 0 Å². The predicted octanol–water partition coefficient (Wildman–Crippen LogP) is 5.25. The molecule has 0 saturated carbocycles. The minimum Gasteiger partial charge on any atom is -0.495 e. The lowest BCUT2D eigenvalue weighted by atomic mass is 10.1. The number of nitrogens with one attached hydrogen (secondary N) is 2. The van der Waals surface area contributed by atoms with Crippen molar-refractivity contribution in [1.82, 2.24) is 4.98 Å². The maximum absolute atomic E-state index is 13.1. The van der Waals surface area contributed by atoms with Crippen molar-refractivity contribution < 1.29 is 14.3 Å². The molecule has 2 amide bonds. The summed E-state index contributed by atoms with van der Waals surface area (Å²) in [5.41, 5.74) is 4.60. The topological polar surface area (TPSA) is 80.3 Å². The van der Waals surface area contributed by atoms with E-state index in [9.17, 15) is 9.59 Å². The third-order valence-electron chi connectivity index (χ3n) is 4.88. The first-order valence-corrected chi connectivity index (χ1v) is 11.3. The maximum atomic E-state index is 13.1. The molecule has 3 aromatic rings. The van der Waals surface area contributed by atoms with E-state index in [1.807, 2.05) is 56.3 Å². The SMILES string of the molecule is CCc1ccc(NC(=O)c2c(C)cc(C)nc2SCC(=O)Nc2ccccc2OC)cc1. The van der Waals surface area contributed by atoms with Crippen molar-refractivity contribution in [3.8, 4) is 5.75 Å². The molecule has 0 spiro atoms. The first-order valence-electron chi connectivity index (χ1n) is 10.4. The molecule has 0 bridgehead atoms. The molecule has 7 heteroatoms. The second kappa shape index (κ2) is 10.8. The fraction of sp³-hybridized carbons (Fsp3) is 0.240. The van der Waals surface area contributed by atoms with Gasteiger partial charge in [0.25, 0.3) is 5.91 Å². The number of hydrogen-bond donors (Lipinski definition) is 2. The number of benzene rings is 2. The second-order valence-corrected chi connectivity index (χ2v) is 8.27. The van der Waals surface area contributed by atoms with Gasteiger partial charge in [0.05, 0.1) is 24.1 Å². The number of anilines is 2. The minimum absolute atomic E-state index is 0.111. The molecular weight excluding hydrogens is 422 g/mol. The molecule has 6 nitrogen and oxygen atoms in total. The number of nitrogens with zero attached hydrogens (tertiary/aromatic N) is 1. The predicted molar refractivity (Wildman–Crippen MR) is 130 cm³/mol. The summed E-state index contributed by atoms with van der Waals surface area (Å²) in [7, 11) is 1.56. The van der Waals surface area contributed by atoms with Crippen LogP contribution in [0.1, 0.15) is 34.1 Å². The Labute approximate surface area is 192 Å². The van der Waals surface area contributed by atoms with Crippen LogP contribution >= 0.6 is 11.8 Å². The Morgan fingerprint density at radius 3 is 2.44 bits per heavy atom. The number of carbonyl (C=O) groups excluding carboxylic acids is 2.